The molecule has 0 aliphatic carbocycles. The summed E-state index contributed by atoms with van der Waals surface area (Å²) in [5.74, 6) is -0.471. The molecule has 1 rings (SSSR count). The Morgan fingerprint density at radius 3 is 2.28 bits per heavy atom. The van der Waals surface area contributed by atoms with Crippen LogP contribution in [-0.2, 0) is 0 Å². The van der Waals surface area contributed by atoms with Gasteiger partial charge in [-0.3, -0.25) is 0 Å². The van der Waals surface area contributed by atoms with E-state index >= 15 is 0 Å². The normalized spacial score (nSPS) is 11.2. The third kappa shape index (κ3) is 4.85. The summed E-state index contributed by atoms with van der Waals surface area (Å²) in [7, 11) is -1.90. The highest BCUT2D eigenvalue weighted by Crippen LogP contribution is 2.25. The van der Waals surface area contributed by atoms with E-state index in [9.17, 15) is 13.2 Å². The van der Waals surface area contributed by atoms with Crippen LogP contribution in [0.2, 0.25) is 0 Å². The van der Waals surface area contributed by atoms with E-state index < -0.39 is 19.2 Å². The van der Waals surface area contributed by atoms with E-state index in [1.54, 1.807) is 0 Å². The predicted octanol–water partition coefficient (Wildman–Crippen LogP) is 1.05. The van der Waals surface area contributed by atoms with Gasteiger partial charge in [0.25, 0.3) is 0 Å². The molecule has 0 aromatic heterocycles. The molecule has 0 unspecified atom stereocenters. The Morgan fingerprint density at radius 1 is 1.17 bits per heavy atom. The van der Waals surface area contributed by atoms with Crippen LogP contribution in [0.3, 0.4) is 0 Å². The van der Waals surface area contributed by atoms with Gasteiger partial charge in [-0.2, -0.15) is 0 Å². The monoisotopic (exact) mass is 264 g/mol. The molecular weight excluding hydrogens is 252 g/mol. The fourth-order valence-corrected chi connectivity index (χ4v) is 1.24. The average Bonchev–Trinajstić information content (AvgIpc) is 2.23. The third-order valence-electron chi connectivity index (χ3n) is 1.91. The topological polar surface area (TPSA) is 58.9 Å². The van der Waals surface area contributed by atoms with Crippen molar-refractivity contribution < 1.29 is 32.7 Å². The van der Waals surface area contributed by atoms with E-state index in [1.807, 2.05) is 6.92 Å². The van der Waals surface area contributed by atoms with Crippen molar-refractivity contribution in [3.63, 3.8) is 0 Å². The minimum atomic E-state index is -4.85. The number of ether oxygens (including phenoxy) is 2. The second-order valence-electron chi connectivity index (χ2n) is 3.51. The Balaban J connectivity index is 2.98. The molecule has 0 saturated carbocycles. The summed E-state index contributed by atoms with van der Waals surface area (Å²) in [6.07, 6.45) is -4.18. The molecule has 0 atom stereocenters. The van der Waals surface area contributed by atoms with E-state index in [2.05, 4.69) is 4.74 Å². The number of halogens is 3. The lowest BCUT2D eigenvalue weighted by molar-refractivity contribution is -0.274. The van der Waals surface area contributed by atoms with Crippen molar-refractivity contribution in [1.82, 2.24) is 0 Å². The lowest BCUT2D eigenvalue weighted by Crippen LogP contribution is -2.30. The Kier molecular flexibility index (Phi) is 4.86. The third-order valence-corrected chi connectivity index (χ3v) is 1.91. The van der Waals surface area contributed by atoms with Crippen molar-refractivity contribution in [2.24, 2.45) is 0 Å². The second kappa shape index (κ2) is 5.97. The van der Waals surface area contributed by atoms with Crippen molar-refractivity contribution >= 4 is 12.6 Å². The highest BCUT2D eigenvalue weighted by atomic mass is 19.4. The quantitative estimate of drug-likeness (QED) is 0.780. The van der Waals surface area contributed by atoms with Gasteiger partial charge in [0.1, 0.15) is 11.5 Å². The molecule has 18 heavy (non-hydrogen) atoms. The largest absolute Gasteiger partial charge is 0.573 e. The maximum absolute atomic E-state index is 12.1. The van der Waals surface area contributed by atoms with Crippen LogP contribution in [0.15, 0.2) is 18.2 Å². The molecule has 0 fully saturated rings. The maximum Gasteiger partial charge on any atom is 0.573 e. The zero-order chi connectivity index (χ0) is 13.8. The average molecular weight is 264 g/mol. The highest BCUT2D eigenvalue weighted by molar-refractivity contribution is 6.58. The molecular formula is C10H12BF3O4. The molecule has 0 bridgehead atoms. The number of hydrogen-bond donors (Lipinski definition) is 2. The molecule has 0 saturated heterocycles. The van der Waals surface area contributed by atoms with Gasteiger partial charge in [0.05, 0.1) is 6.61 Å². The molecule has 0 amide bonds. The first-order valence-electron chi connectivity index (χ1n) is 5.21. The SMILES string of the molecule is CCCOc1cc(OC(F)(F)F)cc(B(O)O)c1. The van der Waals surface area contributed by atoms with Crippen molar-refractivity contribution in [2.75, 3.05) is 6.61 Å². The molecule has 0 aliphatic heterocycles. The van der Waals surface area contributed by atoms with Gasteiger partial charge >= 0.3 is 13.5 Å². The fourth-order valence-electron chi connectivity index (χ4n) is 1.24. The van der Waals surface area contributed by atoms with E-state index in [1.165, 1.54) is 6.07 Å². The van der Waals surface area contributed by atoms with Crippen LogP contribution >= 0.6 is 0 Å². The van der Waals surface area contributed by atoms with Crippen LogP contribution in [0.25, 0.3) is 0 Å². The van der Waals surface area contributed by atoms with Crippen LogP contribution in [0.4, 0.5) is 13.2 Å². The van der Waals surface area contributed by atoms with Crippen LogP contribution in [0.5, 0.6) is 11.5 Å². The first kappa shape index (κ1) is 14.7. The predicted molar refractivity (Wildman–Crippen MR) is 58.7 cm³/mol. The Labute approximate surface area is 102 Å². The van der Waals surface area contributed by atoms with Gasteiger partial charge in [-0.25, -0.2) is 0 Å². The smallest absolute Gasteiger partial charge is 0.493 e. The van der Waals surface area contributed by atoms with Crippen molar-refractivity contribution in [3.05, 3.63) is 18.2 Å². The van der Waals surface area contributed by atoms with Crippen LogP contribution in [-0.4, -0.2) is 30.1 Å². The van der Waals surface area contributed by atoms with Gasteiger partial charge < -0.3 is 19.5 Å². The molecule has 0 aliphatic rings. The molecule has 2 N–H and O–H groups in total. The summed E-state index contributed by atoms with van der Waals surface area (Å²) < 4.78 is 45.1. The number of rotatable bonds is 5. The number of alkyl halides is 3. The van der Waals surface area contributed by atoms with Gasteiger partial charge in [0.2, 0.25) is 0 Å². The Morgan fingerprint density at radius 2 is 1.78 bits per heavy atom. The first-order chi connectivity index (χ1) is 8.31. The zero-order valence-electron chi connectivity index (χ0n) is 9.57. The van der Waals surface area contributed by atoms with Crippen LogP contribution in [0, 0.1) is 0 Å². The summed E-state index contributed by atoms with van der Waals surface area (Å²) in [4.78, 5) is 0. The van der Waals surface area contributed by atoms with E-state index in [-0.39, 0.29) is 11.2 Å². The zero-order valence-corrected chi connectivity index (χ0v) is 9.57. The van der Waals surface area contributed by atoms with E-state index in [4.69, 9.17) is 14.8 Å². The lowest BCUT2D eigenvalue weighted by atomic mass is 9.80. The summed E-state index contributed by atoms with van der Waals surface area (Å²) in [5.41, 5.74) is -0.136. The fraction of sp³-hybridized carbons (Fsp3) is 0.400. The standard InChI is InChI=1S/C10H12BF3O4/c1-2-3-17-8-4-7(11(15)16)5-9(6-8)18-10(12,13)14/h4-6,15-16H,2-3H2,1H3. The minimum Gasteiger partial charge on any atom is -0.493 e. The van der Waals surface area contributed by atoms with E-state index in [0.29, 0.717) is 13.0 Å². The molecule has 0 radical (unpaired) electrons. The van der Waals surface area contributed by atoms with Gasteiger partial charge in [-0.05, 0) is 24.0 Å². The van der Waals surface area contributed by atoms with Gasteiger partial charge in [0.15, 0.2) is 0 Å². The van der Waals surface area contributed by atoms with Gasteiger partial charge in [-0.15, -0.1) is 13.2 Å². The second-order valence-corrected chi connectivity index (χ2v) is 3.51. The molecule has 4 nitrogen and oxygen atoms in total. The first-order valence-corrected chi connectivity index (χ1v) is 5.21. The summed E-state index contributed by atoms with van der Waals surface area (Å²) in [5, 5.41) is 17.9. The number of benzene rings is 1. The molecule has 1 aromatic rings. The summed E-state index contributed by atoms with van der Waals surface area (Å²) in [6, 6.07) is 3.16. The Bertz CT molecular complexity index is 395. The van der Waals surface area contributed by atoms with Gasteiger partial charge in [0, 0.05) is 6.07 Å². The molecule has 1 aromatic carbocycles. The summed E-state index contributed by atoms with van der Waals surface area (Å²) in [6.45, 7) is 2.13. The molecule has 0 heterocycles. The van der Waals surface area contributed by atoms with Crippen molar-refractivity contribution in [3.8, 4) is 11.5 Å². The van der Waals surface area contributed by atoms with Crippen molar-refractivity contribution in [2.45, 2.75) is 19.7 Å². The minimum absolute atomic E-state index is 0.0849. The summed E-state index contributed by atoms with van der Waals surface area (Å²) >= 11 is 0. The van der Waals surface area contributed by atoms with Crippen LogP contribution in [0.1, 0.15) is 13.3 Å². The highest BCUT2D eigenvalue weighted by Gasteiger charge is 2.31. The van der Waals surface area contributed by atoms with Crippen LogP contribution < -0.4 is 14.9 Å². The number of hydrogen-bond acceptors (Lipinski definition) is 4. The molecule has 8 heteroatoms. The lowest BCUT2D eigenvalue weighted by Gasteiger charge is -2.13. The van der Waals surface area contributed by atoms with Crippen molar-refractivity contribution in [1.29, 1.82) is 0 Å². The maximum atomic E-state index is 12.1. The Hall–Kier alpha value is -1.41. The van der Waals surface area contributed by atoms with E-state index in [0.717, 1.165) is 12.1 Å². The van der Waals surface area contributed by atoms with Gasteiger partial charge in [-0.1, -0.05) is 6.92 Å². The molecule has 0 spiro atoms. The molecule has 100 valence electrons.